The Morgan fingerprint density at radius 2 is 1.82 bits per heavy atom. The van der Waals surface area contributed by atoms with Crippen LogP contribution in [0.4, 0.5) is 10.5 Å². The van der Waals surface area contributed by atoms with E-state index < -0.39 is 34.9 Å². The number of carbonyl (C=O) groups is 3. The minimum absolute atomic E-state index is 0.131. The number of likely N-dealkylation sites (N-methyl/N-ethyl adjacent to an activating group) is 1. The van der Waals surface area contributed by atoms with Crippen LogP contribution < -0.4 is 5.32 Å². The third kappa shape index (κ3) is 4.22. The van der Waals surface area contributed by atoms with Crippen LogP contribution in [0.1, 0.15) is 18.1 Å². The van der Waals surface area contributed by atoms with Gasteiger partial charge in [0, 0.05) is 37.5 Å². The van der Waals surface area contributed by atoms with E-state index in [-0.39, 0.29) is 12.2 Å². The first-order chi connectivity index (χ1) is 16.2. The van der Waals surface area contributed by atoms with Crippen molar-refractivity contribution in [2.45, 2.75) is 19.0 Å². The van der Waals surface area contributed by atoms with Crippen molar-refractivity contribution in [3.05, 3.63) is 88.2 Å². The molecule has 4 rings (SSSR count). The molecule has 2 aromatic carbocycles. The highest BCUT2D eigenvalue weighted by molar-refractivity contribution is 6.09. The number of imide groups is 1. The Labute approximate surface area is 194 Å². The number of non-ortho nitro benzene ring substituents is 1. The first kappa shape index (κ1) is 22.6. The molecule has 174 valence electrons. The molecule has 11 heteroatoms. The summed E-state index contributed by atoms with van der Waals surface area (Å²) in [6.07, 6.45) is 3.45. The quantitative estimate of drug-likeness (QED) is 0.325. The Kier molecular flexibility index (Phi) is 5.84. The van der Waals surface area contributed by atoms with Crippen molar-refractivity contribution in [1.29, 1.82) is 0 Å². The van der Waals surface area contributed by atoms with Crippen LogP contribution in [-0.2, 0) is 21.7 Å². The third-order valence-corrected chi connectivity index (χ3v) is 5.73. The van der Waals surface area contributed by atoms with Crippen molar-refractivity contribution in [2.24, 2.45) is 0 Å². The van der Waals surface area contributed by atoms with E-state index in [9.17, 15) is 24.5 Å². The number of nitro benzene ring substituents is 1. The van der Waals surface area contributed by atoms with E-state index in [0.29, 0.717) is 5.56 Å². The summed E-state index contributed by atoms with van der Waals surface area (Å²) in [5, 5.41) is 17.8. The fraction of sp³-hybridized carbons (Fsp3) is 0.217. The number of hydrogen-bond acceptors (Lipinski definition) is 6. The van der Waals surface area contributed by atoms with E-state index in [1.54, 1.807) is 24.1 Å². The summed E-state index contributed by atoms with van der Waals surface area (Å²) in [4.78, 5) is 51.0. The summed E-state index contributed by atoms with van der Waals surface area (Å²) < 4.78 is 1.70. The number of urea groups is 1. The lowest BCUT2D eigenvalue weighted by molar-refractivity contribution is -0.384. The van der Waals surface area contributed by atoms with Gasteiger partial charge in [0.2, 0.25) is 5.91 Å². The smallest absolute Gasteiger partial charge is 0.325 e. The number of amides is 4. The molecule has 0 spiro atoms. The zero-order valence-electron chi connectivity index (χ0n) is 18.5. The van der Waals surface area contributed by atoms with E-state index >= 15 is 0 Å². The highest BCUT2D eigenvalue weighted by Gasteiger charge is 2.49. The highest BCUT2D eigenvalue weighted by atomic mass is 16.6. The fourth-order valence-electron chi connectivity index (χ4n) is 3.73. The van der Waals surface area contributed by atoms with Crippen LogP contribution in [0.2, 0.25) is 0 Å². The van der Waals surface area contributed by atoms with Crippen LogP contribution in [0.15, 0.2) is 67.0 Å². The summed E-state index contributed by atoms with van der Waals surface area (Å²) in [5.41, 5.74) is 0.490. The maximum absolute atomic E-state index is 13.1. The van der Waals surface area contributed by atoms with Gasteiger partial charge >= 0.3 is 6.03 Å². The molecule has 0 aliphatic carbocycles. The number of para-hydroxylation sites is 1. The van der Waals surface area contributed by atoms with Crippen LogP contribution in [0.3, 0.4) is 0 Å². The lowest BCUT2D eigenvalue weighted by Crippen LogP contribution is -2.43. The van der Waals surface area contributed by atoms with Crippen LogP contribution >= 0.6 is 0 Å². The average Bonchev–Trinajstić information content (AvgIpc) is 3.38. The molecule has 1 aliphatic heterocycles. The topological polar surface area (TPSA) is 131 Å². The number of nitrogens with zero attached hydrogens (tertiary/aromatic N) is 5. The monoisotopic (exact) mass is 462 g/mol. The molecular formula is C23H22N6O5. The van der Waals surface area contributed by atoms with Gasteiger partial charge in [-0.3, -0.25) is 24.6 Å². The molecule has 1 fully saturated rings. The first-order valence-electron chi connectivity index (χ1n) is 10.4. The molecule has 0 bridgehead atoms. The fourth-order valence-corrected chi connectivity index (χ4v) is 3.73. The number of rotatable bonds is 7. The number of aromatic nitrogens is 2. The average molecular weight is 462 g/mol. The maximum Gasteiger partial charge on any atom is 0.325 e. The number of nitro groups is 1. The lowest BCUT2D eigenvalue weighted by atomic mass is 9.92. The first-order valence-corrected chi connectivity index (χ1v) is 10.4. The Bertz CT molecular complexity index is 1260. The summed E-state index contributed by atoms with van der Waals surface area (Å²) in [6, 6.07) is 14.2. The predicted molar refractivity (Wildman–Crippen MR) is 121 cm³/mol. The number of hydrogen-bond donors (Lipinski definition) is 1. The zero-order valence-corrected chi connectivity index (χ0v) is 18.5. The second-order valence-electron chi connectivity index (χ2n) is 8.13. The molecule has 0 radical (unpaired) electrons. The molecule has 3 aromatic rings. The molecule has 11 nitrogen and oxygen atoms in total. The van der Waals surface area contributed by atoms with E-state index in [1.165, 1.54) is 36.1 Å². The van der Waals surface area contributed by atoms with Gasteiger partial charge in [-0.05, 0) is 36.8 Å². The van der Waals surface area contributed by atoms with E-state index in [1.807, 2.05) is 30.3 Å². The molecule has 1 atom stereocenters. The Morgan fingerprint density at radius 3 is 2.47 bits per heavy atom. The SMILES string of the molecule is CN(Cc1cnn(-c2ccccc2)c1)C(=O)CN1C(=O)NC(C)(c2ccc([N+](=O)[O-])cc2)C1=O. The Balaban J connectivity index is 1.42. The number of benzene rings is 2. The van der Waals surface area contributed by atoms with E-state index in [2.05, 4.69) is 10.4 Å². The molecular weight excluding hydrogens is 440 g/mol. The van der Waals surface area contributed by atoms with Crippen molar-refractivity contribution in [3.8, 4) is 5.69 Å². The Morgan fingerprint density at radius 1 is 1.15 bits per heavy atom. The van der Waals surface area contributed by atoms with E-state index in [4.69, 9.17) is 0 Å². The van der Waals surface area contributed by atoms with Gasteiger partial charge in [-0.25, -0.2) is 9.48 Å². The molecule has 0 saturated carbocycles. The van der Waals surface area contributed by atoms with Crippen molar-refractivity contribution in [2.75, 3.05) is 13.6 Å². The normalized spacial score (nSPS) is 17.5. The predicted octanol–water partition coefficient (Wildman–Crippen LogP) is 2.21. The molecule has 1 N–H and O–H groups in total. The number of nitrogens with one attached hydrogen (secondary N) is 1. The van der Waals surface area contributed by atoms with Crippen LogP contribution in [0, 0.1) is 10.1 Å². The van der Waals surface area contributed by atoms with Crippen molar-refractivity contribution < 1.29 is 19.3 Å². The van der Waals surface area contributed by atoms with Gasteiger partial charge in [0.15, 0.2) is 0 Å². The van der Waals surface area contributed by atoms with Gasteiger partial charge in [0.05, 0.1) is 16.8 Å². The molecule has 34 heavy (non-hydrogen) atoms. The van der Waals surface area contributed by atoms with Gasteiger partial charge < -0.3 is 10.2 Å². The third-order valence-electron chi connectivity index (χ3n) is 5.73. The van der Waals surface area contributed by atoms with Gasteiger partial charge in [-0.2, -0.15) is 5.10 Å². The summed E-state index contributed by atoms with van der Waals surface area (Å²) in [6.45, 7) is 1.31. The van der Waals surface area contributed by atoms with Gasteiger partial charge in [-0.1, -0.05) is 18.2 Å². The van der Waals surface area contributed by atoms with Crippen LogP contribution in [0.5, 0.6) is 0 Å². The minimum atomic E-state index is -1.43. The number of carbonyl (C=O) groups excluding carboxylic acids is 3. The molecule has 2 heterocycles. The van der Waals surface area contributed by atoms with Gasteiger partial charge in [-0.15, -0.1) is 0 Å². The highest BCUT2D eigenvalue weighted by Crippen LogP contribution is 2.30. The largest absolute Gasteiger partial charge is 0.340 e. The zero-order chi connectivity index (χ0) is 24.5. The second kappa shape index (κ2) is 8.77. The van der Waals surface area contributed by atoms with Crippen LogP contribution in [-0.4, -0.2) is 55.9 Å². The van der Waals surface area contributed by atoms with E-state index in [0.717, 1.165) is 16.2 Å². The van der Waals surface area contributed by atoms with Crippen molar-refractivity contribution >= 4 is 23.5 Å². The maximum atomic E-state index is 13.1. The Hall–Kier alpha value is -4.54. The summed E-state index contributed by atoms with van der Waals surface area (Å²) >= 11 is 0. The van der Waals surface area contributed by atoms with Gasteiger partial charge in [0.25, 0.3) is 11.6 Å². The summed E-state index contributed by atoms with van der Waals surface area (Å²) in [5.74, 6) is -1.03. The summed E-state index contributed by atoms with van der Waals surface area (Å²) in [7, 11) is 1.58. The minimum Gasteiger partial charge on any atom is -0.340 e. The van der Waals surface area contributed by atoms with Crippen molar-refractivity contribution in [1.82, 2.24) is 24.9 Å². The molecule has 1 aliphatic rings. The second-order valence-corrected chi connectivity index (χ2v) is 8.13. The molecule has 1 unspecified atom stereocenters. The lowest BCUT2D eigenvalue weighted by Gasteiger charge is -2.23. The van der Waals surface area contributed by atoms with Crippen LogP contribution in [0.25, 0.3) is 5.69 Å². The van der Waals surface area contributed by atoms with Crippen molar-refractivity contribution in [3.63, 3.8) is 0 Å². The molecule has 4 amide bonds. The standard InChI is InChI=1S/C23H22N6O5/c1-23(17-8-10-19(11-9-17)29(33)34)21(31)27(22(32)25-23)15-20(30)26(2)13-16-12-24-28(14-16)18-6-4-3-5-7-18/h3-12,14H,13,15H2,1-2H3,(H,25,32). The van der Waals surface area contributed by atoms with Gasteiger partial charge in [0.1, 0.15) is 12.1 Å². The molecule has 1 saturated heterocycles. The molecule has 1 aromatic heterocycles.